The fourth-order valence-corrected chi connectivity index (χ4v) is 9.72. The van der Waals surface area contributed by atoms with Crippen molar-refractivity contribution in [3.05, 3.63) is 24.3 Å². The topological polar surface area (TPSA) is 189 Å². The molecule has 414 valence electrons. The molecule has 11 nitrogen and oxygen atoms in total. The van der Waals surface area contributed by atoms with E-state index in [1.807, 2.05) is 0 Å². The van der Waals surface area contributed by atoms with Gasteiger partial charge in [-0.05, 0) is 38.5 Å². The number of aliphatic hydroxyl groups is 7. The molecule has 1 rings (SSSR count). The Morgan fingerprint density at radius 3 is 1.34 bits per heavy atom. The summed E-state index contributed by atoms with van der Waals surface area (Å²) >= 11 is 0. The molecule has 1 amide bonds. The van der Waals surface area contributed by atoms with Crippen LogP contribution in [0.25, 0.3) is 0 Å². The predicted octanol–water partition coefficient (Wildman–Crippen LogP) is 12.5. The van der Waals surface area contributed by atoms with Gasteiger partial charge in [-0.15, -0.1) is 0 Å². The van der Waals surface area contributed by atoms with E-state index in [0.717, 1.165) is 51.4 Å². The maximum absolute atomic E-state index is 13.2. The number of ether oxygens (including phenoxy) is 2. The molecule has 0 saturated carbocycles. The maximum atomic E-state index is 13.2. The molecule has 0 aromatic rings. The number of rotatable bonds is 51. The third kappa shape index (κ3) is 36.5. The Morgan fingerprint density at radius 1 is 0.514 bits per heavy atom. The molecule has 0 radical (unpaired) electrons. The Bertz CT molecular complexity index is 1190. The summed E-state index contributed by atoms with van der Waals surface area (Å²) in [5.41, 5.74) is 0. The first kappa shape index (κ1) is 66.6. The van der Waals surface area contributed by atoms with E-state index in [4.69, 9.17) is 9.47 Å². The smallest absolute Gasteiger partial charge is 0.249 e. The Kier molecular flexibility index (Phi) is 46.2. The fraction of sp³-hybridized carbons (Fsp3) is 0.915. The van der Waals surface area contributed by atoms with Crippen LogP contribution in [0.1, 0.15) is 277 Å². The molecule has 70 heavy (non-hydrogen) atoms. The van der Waals surface area contributed by atoms with E-state index in [1.165, 1.54) is 186 Å². The molecule has 8 N–H and O–H groups in total. The highest BCUT2D eigenvalue weighted by molar-refractivity contribution is 5.80. The van der Waals surface area contributed by atoms with E-state index < -0.39 is 74.2 Å². The molecule has 0 spiro atoms. The molecule has 0 aromatic carbocycles. The van der Waals surface area contributed by atoms with Gasteiger partial charge in [0.1, 0.15) is 36.6 Å². The van der Waals surface area contributed by atoms with Crippen LogP contribution in [-0.2, 0) is 14.3 Å². The summed E-state index contributed by atoms with van der Waals surface area (Å²) in [7, 11) is 0. The van der Waals surface area contributed by atoms with Crippen LogP contribution in [0.4, 0.5) is 0 Å². The third-order valence-electron chi connectivity index (χ3n) is 14.5. The molecule has 9 atom stereocenters. The lowest BCUT2D eigenvalue weighted by Crippen LogP contribution is -2.60. The van der Waals surface area contributed by atoms with Gasteiger partial charge >= 0.3 is 0 Å². The first-order valence-corrected chi connectivity index (χ1v) is 29.7. The summed E-state index contributed by atoms with van der Waals surface area (Å²) < 4.78 is 11.2. The second-order valence-corrected chi connectivity index (χ2v) is 21.0. The van der Waals surface area contributed by atoms with Crippen LogP contribution in [0.2, 0.25) is 0 Å². The van der Waals surface area contributed by atoms with Gasteiger partial charge in [-0.1, -0.05) is 263 Å². The van der Waals surface area contributed by atoms with Gasteiger partial charge in [0.2, 0.25) is 5.91 Å². The van der Waals surface area contributed by atoms with Crippen LogP contribution in [0.3, 0.4) is 0 Å². The van der Waals surface area contributed by atoms with Gasteiger partial charge in [0.05, 0.1) is 25.4 Å². The van der Waals surface area contributed by atoms with Crippen molar-refractivity contribution >= 4 is 5.91 Å². The van der Waals surface area contributed by atoms with Gasteiger partial charge in [-0.25, -0.2) is 0 Å². The first-order chi connectivity index (χ1) is 34.2. The first-order valence-electron chi connectivity index (χ1n) is 29.7. The maximum Gasteiger partial charge on any atom is 0.249 e. The van der Waals surface area contributed by atoms with Crippen molar-refractivity contribution in [1.29, 1.82) is 0 Å². The third-order valence-corrected chi connectivity index (χ3v) is 14.5. The van der Waals surface area contributed by atoms with E-state index in [-0.39, 0.29) is 6.42 Å². The highest BCUT2D eigenvalue weighted by Gasteiger charge is 2.44. The number of hydrogen-bond acceptors (Lipinski definition) is 10. The van der Waals surface area contributed by atoms with E-state index in [1.54, 1.807) is 0 Å². The van der Waals surface area contributed by atoms with Gasteiger partial charge in [0, 0.05) is 0 Å². The normalized spacial score (nSPS) is 20.4. The molecule has 1 heterocycles. The van der Waals surface area contributed by atoms with Gasteiger partial charge < -0.3 is 50.5 Å². The van der Waals surface area contributed by atoms with Crippen molar-refractivity contribution in [2.24, 2.45) is 0 Å². The van der Waals surface area contributed by atoms with Crippen molar-refractivity contribution < 1.29 is 50.0 Å². The van der Waals surface area contributed by atoms with Crippen LogP contribution < -0.4 is 5.32 Å². The molecule has 0 aliphatic carbocycles. The van der Waals surface area contributed by atoms with Gasteiger partial charge in [-0.2, -0.15) is 0 Å². The number of hydrogen-bond donors (Lipinski definition) is 8. The van der Waals surface area contributed by atoms with Crippen LogP contribution >= 0.6 is 0 Å². The molecule has 1 fully saturated rings. The predicted molar refractivity (Wildman–Crippen MR) is 289 cm³/mol. The Hall–Kier alpha value is -1.41. The van der Waals surface area contributed by atoms with Crippen molar-refractivity contribution in [2.75, 3.05) is 13.2 Å². The summed E-state index contributed by atoms with van der Waals surface area (Å²) in [4.78, 5) is 13.2. The molecule has 1 aliphatic rings. The monoisotopic (exact) mass is 996 g/mol. The van der Waals surface area contributed by atoms with Gasteiger partial charge in [-0.3, -0.25) is 4.79 Å². The van der Waals surface area contributed by atoms with Crippen molar-refractivity contribution in [1.82, 2.24) is 5.32 Å². The van der Waals surface area contributed by atoms with E-state index in [0.29, 0.717) is 19.3 Å². The number of nitrogens with one attached hydrogen (secondary N) is 1. The number of unbranched alkanes of at least 4 members (excludes halogenated alkanes) is 35. The number of carbonyl (C=O) groups excluding carboxylic acids is 1. The summed E-state index contributed by atoms with van der Waals surface area (Å²) in [6, 6.07) is -1.17. The Balaban J connectivity index is 2.29. The van der Waals surface area contributed by atoms with Crippen LogP contribution in [0, 0.1) is 0 Å². The van der Waals surface area contributed by atoms with Crippen molar-refractivity contribution in [2.45, 2.75) is 332 Å². The Labute approximate surface area is 429 Å². The lowest BCUT2D eigenvalue weighted by molar-refractivity contribution is -0.303. The minimum absolute atomic E-state index is 0.261. The molecular weight excluding hydrogens is 883 g/mol. The molecule has 1 saturated heterocycles. The number of allylic oxidation sites excluding steroid dienone is 4. The zero-order chi connectivity index (χ0) is 51.1. The number of amides is 1. The van der Waals surface area contributed by atoms with Crippen molar-refractivity contribution in [3.8, 4) is 0 Å². The summed E-state index contributed by atoms with van der Waals surface area (Å²) in [6.07, 6.45) is 46.6. The number of aliphatic hydroxyl groups excluding tert-OH is 7. The second-order valence-electron chi connectivity index (χ2n) is 21.0. The van der Waals surface area contributed by atoms with Crippen LogP contribution in [0.15, 0.2) is 24.3 Å². The zero-order valence-corrected chi connectivity index (χ0v) is 45.3. The number of carbonyl (C=O) groups is 1. The standard InChI is InChI=1S/C59H113NO10/c1-3-5-7-9-11-13-15-17-19-21-23-25-26-27-29-30-32-34-36-38-40-42-44-46-51(62)54(64)50(49-69-59-57(67)56(66)55(65)53(48-61)70-59)60-58(68)52(63)47-45-43-41-39-37-35-33-31-28-24-22-20-18-16-14-12-10-8-6-4-2/h6,8,12,14,50-57,59,61-67H,3-5,7,9-11,13,15-49H2,1-2H3,(H,60,68)/b8-6-,14-12-. The quantitative estimate of drug-likeness (QED) is 0.0215. The summed E-state index contributed by atoms with van der Waals surface area (Å²) in [5.74, 6) is -0.694. The highest BCUT2D eigenvalue weighted by Crippen LogP contribution is 2.24. The SMILES string of the molecule is CC/C=C\C/C=C\CCCCCCCCCCCCCCCC(O)C(=O)NC(COC1OC(CO)C(O)C(O)C1O)C(O)C(O)CCCCCCCCCCCCCCCCCCCCCCCCC. The molecule has 1 aliphatic heterocycles. The van der Waals surface area contributed by atoms with Crippen LogP contribution in [0.5, 0.6) is 0 Å². The average Bonchev–Trinajstić information content (AvgIpc) is 3.36. The van der Waals surface area contributed by atoms with Gasteiger partial charge in [0.15, 0.2) is 6.29 Å². The molecule has 0 aromatic heterocycles. The lowest BCUT2D eigenvalue weighted by atomic mass is 9.98. The van der Waals surface area contributed by atoms with Crippen LogP contribution in [-0.4, -0.2) is 110 Å². The molecular formula is C59H113NO10. The van der Waals surface area contributed by atoms with E-state index in [2.05, 4.69) is 43.5 Å². The van der Waals surface area contributed by atoms with Gasteiger partial charge in [0.25, 0.3) is 0 Å². The summed E-state index contributed by atoms with van der Waals surface area (Å²) in [6.45, 7) is 3.39. The minimum Gasteiger partial charge on any atom is -0.394 e. The second kappa shape index (κ2) is 48.5. The molecule has 9 unspecified atom stereocenters. The Morgan fingerprint density at radius 2 is 0.914 bits per heavy atom. The summed E-state index contributed by atoms with van der Waals surface area (Å²) in [5, 5.41) is 76.2. The minimum atomic E-state index is -1.66. The zero-order valence-electron chi connectivity index (χ0n) is 45.3. The van der Waals surface area contributed by atoms with Crippen molar-refractivity contribution in [3.63, 3.8) is 0 Å². The fourth-order valence-electron chi connectivity index (χ4n) is 9.72. The lowest BCUT2D eigenvalue weighted by Gasteiger charge is -2.40. The highest BCUT2D eigenvalue weighted by atomic mass is 16.7. The van der Waals surface area contributed by atoms with E-state index in [9.17, 15) is 40.5 Å². The molecule has 0 bridgehead atoms. The average molecular weight is 997 g/mol. The largest absolute Gasteiger partial charge is 0.394 e. The van der Waals surface area contributed by atoms with E-state index >= 15 is 0 Å². The molecule has 11 heteroatoms.